The number of benzene rings is 1. The highest BCUT2D eigenvalue weighted by Gasteiger charge is 2.24. The molecule has 2 aromatic rings. The van der Waals surface area contributed by atoms with Crippen molar-refractivity contribution in [2.75, 3.05) is 39.3 Å². The first-order chi connectivity index (χ1) is 15.5. The highest BCUT2D eigenvalue weighted by molar-refractivity contribution is 5.99. The summed E-state index contributed by atoms with van der Waals surface area (Å²) in [4.78, 5) is 21.4. The molecule has 4 rings (SSSR count). The number of amides is 1. The third kappa shape index (κ3) is 5.84. The van der Waals surface area contributed by atoms with E-state index in [-0.39, 0.29) is 11.9 Å². The number of aromatic nitrogens is 1. The molecule has 2 fully saturated rings. The molecule has 3 heterocycles. The number of carbonyl (C=O) groups is 1. The van der Waals surface area contributed by atoms with Crippen molar-refractivity contribution in [3.05, 3.63) is 30.0 Å². The fraction of sp³-hybridized carbons (Fsp3) is 0.654. The Hall–Kier alpha value is -2.05. The maximum absolute atomic E-state index is 12.9. The third-order valence-electron chi connectivity index (χ3n) is 7.01. The van der Waals surface area contributed by atoms with Crippen molar-refractivity contribution >= 4 is 16.8 Å². The lowest BCUT2D eigenvalue weighted by atomic mass is 10.0. The Morgan fingerprint density at radius 1 is 1.16 bits per heavy atom. The van der Waals surface area contributed by atoms with Crippen LogP contribution in [0.15, 0.2) is 24.3 Å². The van der Waals surface area contributed by atoms with Gasteiger partial charge in [-0.15, -0.1) is 0 Å². The molecule has 6 nitrogen and oxygen atoms in total. The normalized spacial score (nSPS) is 21.3. The van der Waals surface area contributed by atoms with E-state index in [9.17, 15) is 4.79 Å². The first-order valence-electron chi connectivity index (χ1n) is 12.5. The number of likely N-dealkylation sites (tertiary alicyclic amines) is 2. The zero-order chi connectivity index (χ0) is 22.5. The van der Waals surface area contributed by atoms with E-state index in [1.54, 1.807) is 0 Å². The van der Waals surface area contributed by atoms with Crippen molar-refractivity contribution in [2.45, 2.75) is 65.0 Å². The van der Waals surface area contributed by atoms with Crippen LogP contribution in [-0.2, 0) is 0 Å². The van der Waals surface area contributed by atoms with Gasteiger partial charge in [-0.05, 0) is 63.3 Å². The molecular weight excluding hydrogens is 400 g/mol. The predicted octanol–water partition coefficient (Wildman–Crippen LogP) is 4.27. The van der Waals surface area contributed by atoms with Crippen LogP contribution in [-0.4, -0.2) is 72.1 Å². The molecule has 1 amide bonds. The Balaban J connectivity index is 1.26. The number of carbonyl (C=O) groups excluding carboxylic acids is 1. The van der Waals surface area contributed by atoms with Crippen molar-refractivity contribution in [3.8, 4) is 5.75 Å². The van der Waals surface area contributed by atoms with E-state index in [0.717, 1.165) is 55.2 Å². The second-order valence-corrected chi connectivity index (χ2v) is 10.1. The number of nitrogens with one attached hydrogen (secondary N) is 2. The monoisotopic (exact) mass is 440 g/mol. The zero-order valence-electron chi connectivity index (χ0n) is 20.0. The van der Waals surface area contributed by atoms with E-state index < -0.39 is 0 Å². The van der Waals surface area contributed by atoms with Crippen molar-refractivity contribution < 1.29 is 9.53 Å². The lowest BCUT2D eigenvalue weighted by Crippen LogP contribution is -2.48. The SMILES string of the molecule is CC(C)COc1cccc2[nH]c(C(=O)NC3CCN(CCN4CCCC[C@H]4C)CC3)cc12. The predicted molar refractivity (Wildman–Crippen MR) is 130 cm³/mol. The minimum absolute atomic E-state index is 0.0170. The van der Waals surface area contributed by atoms with Crippen LogP contribution in [0.1, 0.15) is 63.4 Å². The van der Waals surface area contributed by atoms with Gasteiger partial charge in [0.2, 0.25) is 0 Å². The standard InChI is InChI=1S/C26H40N4O2/c1-19(2)18-32-25-9-6-8-23-22(25)17-24(28-23)26(31)27-21-10-13-29(14-11-21)15-16-30-12-5-4-7-20(30)3/h6,8-9,17,19-21,28H,4-5,7,10-16,18H2,1-3H3,(H,27,31)/t20-/m1/s1. The summed E-state index contributed by atoms with van der Waals surface area (Å²) >= 11 is 0. The summed E-state index contributed by atoms with van der Waals surface area (Å²) in [7, 11) is 0. The fourth-order valence-corrected chi connectivity index (χ4v) is 4.96. The molecule has 0 unspecified atom stereocenters. The minimum Gasteiger partial charge on any atom is -0.493 e. The summed E-state index contributed by atoms with van der Waals surface area (Å²) in [6, 6.07) is 8.84. The van der Waals surface area contributed by atoms with Crippen LogP contribution in [0.25, 0.3) is 10.9 Å². The zero-order valence-corrected chi connectivity index (χ0v) is 20.0. The molecule has 0 saturated carbocycles. The lowest BCUT2D eigenvalue weighted by Gasteiger charge is -2.37. The number of piperidine rings is 2. The van der Waals surface area contributed by atoms with Gasteiger partial charge in [-0.2, -0.15) is 0 Å². The Morgan fingerprint density at radius 3 is 2.72 bits per heavy atom. The number of ether oxygens (including phenoxy) is 1. The highest BCUT2D eigenvalue weighted by atomic mass is 16.5. The van der Waals surface area contributed by atoms with Gasteiger partial charge in [-0.1, -0.05) is 26.3 Å². The van der Waals surface area contributed by atoms with E-state index in [1.165, 1.54) is 32.4 Å². The molecule has 1 aromatic carbocycles. The van der Waals surface area contributed by atoms with Gasteiger partial charge in [0, 0.05) is 49.2 Å². The van der Waals surface area contributed by atoms with E-state index in [4.69, 9.17) is 4.74 Å². The molecule has 2 aliphatic heterocycles. The summed E-state index contributed by atoms with van der Waals surface area (Å²) in [5.41, 5.74) is 1.56. The molecule has 0 spiro atoms. The topological polar surface area (TPSA) is 60.6 Å². The number of fused-ring (bicyclic) bond motifs is 1. The largest absolute Gasteiger partial charge is 0.493 e. The molecule has 6 heteroatoms. The van der Waals surface area contributed by atoms with Gasteiger partial charge in [0.25, 0.3) is 5.91 Å². The molecule has 32 heavy (non-hydrogen) atoms. The Kier molecular flexibility index (Phi) is 7.74. The van der Waals surface area contributed by atoms with Gasteiger partial charge in [0.1, 0.15) is 11.4 Å². The van der Waals surface area contributed by atoms with Crippen LogP contribution in [0.4, 0.5) is 0 Å². The number of H-pyrrole nitrogens is 1. The molecule has 1 aromatic heterocycles. The summed E-state index contributed by atoms with van der Waals surface area (Å²) in [5.74, 6) is 1.28. The summed E-state index contributed by atoms with van der Waals surface area (Å²) < 4.78 is 5.95. The van der Waals surface area contributed by atoms with E-state index in [2.05, 4.69) is 40.9 Å². The van der Waals surface area contributed by atoms with Gasteiger partial charge in [-0.3, -0.25) is 9.69 Å². The Bertz CT molecular complexity index is 885. The number of hydrogen-bond acceptors (Lipinski definition) is 4. The van der Waals surface area contributed by atoms with Crippen molar-refractivity contribution in [1.29, 1.82) is 0 Å². The first kappa shape index (κ1) is 23.1. The van der Waals surface area contributed by atoms with Gasteiger partial charge >= 0.3 is 0 Å². The summed E-state index contributed by atoms with van der Waals surface area (Å²) in [6.45, 7) is 13.0. The maximum atomic E-state index is 12.9. The molecule has 0 aliphatic carbocycles. The average Bonchev–Trinajstić information content (AvgIpc) is 3.23. The smallest absolute Gasteiger partial charge is 0.267 e. The first-order valence-corrected chi connectivity index (χ1v) is 12.5. The van der Waals surface area contributed by atoms with Gasteiger partial charge < -0.3 is 19.9 Å². The summed E-state index contributed by atoms with van der Waals surface area (Å²) in [5, 5.41) is 4.22. The van der Waals surface area contributed by atoms with E-state index >= 15 is 0 Å². The van der Waals surface area contributed by atoms with Crippen LogP contribution < -0.4 is 10.1 Å². The molecule has 176 valence electrons. The average molecular weight is 441 g/mol. The number of aromatic amines is 1. The van der Waals surface area contributed by atoms with Crippen LogP contribution >= 0.6 is 0 Å². The van der Waals surface area contributed by atoms with Gasteiger partial charge in [-0.25, -0.2) is 0 Å². The Morgan fingerprint density at radius 2 is 1.97 bits per heavy atom. The fourth-order valence-electron chi connectivity index (χ4n) is 4.96. The second-order valence-electron chi connectivity index (χ2n) is 10.1. The van der Waals surface area contributed by atoms with Gasteiger partial charge in [0.15, 0.2) is 0 Å². The molecule has 1 atom stereocenters. The maximum Gasteiger partial charge on any atom is 0.267 e. The van der Waals surface area contributed by atoms with E-state index in [1.807, 2.05) is 24.3 Å². The molecule has 2 N–H and O–H groups in total. The number of hydrogen-bond donors (Lipinski definition) is 2. The lowest BCUT2D eigenvalue weighted by molar-refractivity contribution is 0.0891. The summed E-state index contributed by atoms with van der Waals surface area (Å²) in [6.07, 6.45) is 6.10. The van der Waals surface area contributed by atoms with Crippen molar-refractivity contribution in [3.63, 3.8) is 0 Å². The van der Waals surface area contributed by atoms with Crippen molar-refractivity contribution in [1.82, 2.24) is 20.1 Å². The Labute approximate surface area is 192 Å². The molecule has 2 aliphatic rings. The van der Waals surface area contributed by atoms with Crippen LogP contribution in [0.5, 0.6) is 5.75 Å². The molecule has 0 radical (unpaired) electrons. The van der Waals surface area contributed by atoms with Crippen LogP contribution in [0.2, 0.25) is 0 Å². The van der Waals surface area contributed by atoms with Gasteiger partial charge in [0.05, 0.1) is 6.61 Å². The third-order valence-corrected chi connectivity index (χ3v) is 7.01. The van der Waals surface area contributed by atoms with Crippen LogP contribution in [0.3, 0.4) is 0 Å². The minimum atomic E-state index is -0.0170. The molecule has 2 saturated heterocycles. The molecular formula is C26H40N4O2. The quantitative estimate of drug-likeness (QED) is 0.644. The number of rotatable bonds is 8. The van der Waals surface area contributed by atoms with Crippen molar-refractivity contribution in [2.24, 2.45) is 5.92 Å². The van der Waals surface area contributed by atoms with E-state index in [0.29, 0.717) is 18.2 Å². The van der Waals surface area contributed by atoms with Crippen LogP contribution in [0, 0.1) is 5.92 Å². The second kappa shape index (κ2) is 10.7. The highest BCUT2D eigenvalue weighted by Crippen LogP contribution is 2.27. The number of nitrogens with zero attached hydrogens (tertiary/aromatic N) is 2. The molecule has 0 bridgehead atoms.